The summed E-state index contributed by atoms with van der Waals surface area (Å²) in [6.07, 6.45) is 3.17. The first kappa shape index (κ1) is 20.4. The molecule has 0 aliphatic carbocycles. The number of unbranched alkanes of at least 4 members (excludes halogenated alkanes) is 1. The van der Waals surface area contributed by atoms with Gasteiger partial charge in [-0.25, -0.2) is 9.59 Å². The second-order valence-corrected chi connectivity index (χ2v) is 5.59. The van der Waals surface area contributed by atoms with Crippen molar-refractivity contribution in [1.29, 1.82) is 0 Å². The molecule has 0 rings (SSSR count). The number of hydrogen-bond donors (Lipinski definition) is 0. The minimum Gasteiger partial charge on any atom is -0.462 e. The molecule has 0 aromatic rings. The number of ether oxygens (including phenoxy) is 2. The number of hydrogen-bond acceptors (Lipinski definition) is 5. The summed E-state index contributed by atoms with van der Waals surface area (Å²) in [6, 6.07) is 0. The van der Waals surface area contributed by atoms with Crippen LogP contribution in [0, 0.1) is 0 Å². The summed E-state index contributed by atoms with van der Waals surface area (Å²) in [5, 5.41) is 0. The molecule has 0 N–H and O–H groups in total. The van der Waals surface area contributed by atoms with Gasteiger partial charge in [0, 0.05) is 11.1 Å². The Labute approximate surface area is 134 Å². The Morgan fingerprint density at radius 2 is 1.73 bits per heavy atom. The zero-order chi connectivity index (χ0) is 17.3. The molecule has 22 heavy (non-hydrogen) atoms. The molecule has 0 fully saturated rings. The van der Waals surface area contributed by atoms with Crippen molar-refractivity contribution in [3.8, 4) is 0 Å². The van der Waals surface area contributed by atoms with Crippen LogP contribution >= 0.6 is 0 Å². The van der Waals surface area contributed by atoms with E-state index < -0.39 is 5.97 Å². The second kappa shape index (κ2) is 10.2. The summed E-state index contributed by atoms with van der Waals surface area (Å²) in [5.74, 6) is -0.738. The number of carbonyl (C=O) groups excluding carboxylic acids is 2. The van der Waals surface area contributed by atoms with Gasteiger partial charge in [-0.15, -0.1) is 0 Å². The van der Waals surface area contributed by atoms with E-state index in [4.69, 9.17) is 9.47 Å². The van der Waals surface area contributed by atoms with Crippen LogP contribution in [0.1, 0.15) is 47.5 Å². The lowest BCUT2D eigenvalue weighted by atomic mass is 10.1. The van der Waals surface area contributed by atoms with Gasteiger partial charge < -0.3 is 9.47 Å². The number of allylic oxidation sites excluding steroid dienone is 2. The number of esters is 2. The monoisotopic (exact) mass is 311 g/mol. The molecular weight excluding hydrogens is 282 g/mol. The van der Waals surface area contributed by atoms with Crippen molar-refractivity contribution in [2.75, 3.05) is 20.7 Å². The van der Waals surface area contributed by atoms with Gasteiger partial charge in [-0.3, -0.25) is 4.90 Å². The van der Waals surface area contributed by atoms with Crippen LogP contribution in [-0.2, 0) is 19.1 Å². The SMILES string of the molecule is CCCCOC(=O)/C(C)=C(C)\C=C(/C)C(=O)OC(C)N(C)C. The molecule has 0 heterocycles. The minimum atomic E-state index is -0.396. The van der Waals surface area contributed by atoms with Gasteiger partial charge in [0.1, 0.15) is 0 Å². The van der Waals surface area contributed by atoms with Crippen LogP contribution in [0.4, 0.5) is 0 Å². The van der Waals surface area contributed by atoms with Crippen molar-refractivity contribution in [3.63, 3.8) is 0 Å². The highest BCUT2D eigenvalue weighted by Crippen LogP contribution is 2.12. The highest BCUT2D eigenvalue weighted by Gasteiger charge is 2.14. The first-order valence-corrected chi connectivity index (χ1v) is 7.61. The molecule has 0 spiro atoms. The highest BCUT2D eigenvalue weighted by molar-refractivity contribution is 5.91. The fraction of sp³-hybridized carbons (Fsp3) is 0.647. The molecule has 0 aromatic carbocycles. The molecule has 0 amide bonds. The third-order valence-electron chi connectivity index (χ3n) is 3.39. The van der Waals surface area contributed by atoms with E-state index in [0.29, 0.717) is 23.3 Å². The van der Waals surface area contributed by atoms with E-state index in [1.165, 1.54) is 0 Å². The van der Waals surface area contributed by atoms with E-state index in [1.807, 2.05) is 21.0 Å². The van der Waals surface area contributed by atoms with Gasteiger partial charge in [0.15, 0.2) is 6.23 Å². The zero-order valence-corrected chi connectivity index (χ0v) is 14.9. The van der Waals surface area contributed by atoms with Crippen molar-refractivity contribution >= 4 is 11.9 Å². The van der Waals surface area contributed by atoms with Crippen LogP contribution in [0.3, 0.4) is 0 Å². The lowest BCUT2D eigenvalue weighted by Crippen LogP contribution is -2.30. The van der Waals surface area contributed by atoms with Gasteiger partial charge in [0.25, 0.3) is 0 Å². The lowest BCUT2D eigenvalue weighted by molar-refractivity contribution is -0.150. The van der Waals surface area contributed by atoms with Crippen molar-refractivity contribution in [1.82, 2.24) is 4.90 Å². The Morgan fingerprint density at radius 3 is 2.23 bits per heavy atom. The molecule has 0 bridgehead atoms. The molecule has 0 aliphatic rings. The first-order chi connectivity index (χ1) is 10.2. The van der Waals surface area contributed by atoms with Crippen LogP contribution in [0.25, 0.3) is 0 Å². The Kier molecular flexibility index (Phi) is 9.42. The molecule has 0 aromatic heterocycles. The molecule has 0 saturated carbocycles. The van der Waals surface area contributed by atoms with Crippen LogP contribution in [-0.4, -0.2) is 43.8 Å². The minimum absolute atomic E-state index is 0.305. The molecule has 5 nitrogen and oxygen atoms in total. The molecule has 1 unspecified atom stereocenters. The summed E-state index contributed by atoms with van der Waals surface area (Å²) >= 11 is 0. The predicted octanol–water partition coefficient (Wildman–Crippen LogP) is 3.06. The topological polar surface area (TPSA) is 55.8 Å². The lowest BCUT2D eigenvalue weighted by Gasteiger charge is -2.20. The van der Waals surface area contributed by atoms with Gasteiger partial charge in [-0.1, -0.05) is 13.3 Å². The van der Waals surface area contributed by atoms with Gasteiger partial charge >= 0.3 is 11.9 Å². The van der Waals surface area contributed by atoms with E-state index in [2.05, 4.69) is 0 Å². The number of nitrogens with zero attached hydrogens (tertiary/aromatic N) is 1. The first-order valence-electron chi connectivity index (χ1n) is 7.61. The summed E-state index contributed by atoms with van der Waals surface area (Å²) < 4.78 is 10.4. The zero-order valence-electron chi connectivity index (χ0n) is 14.9. The van der Waals surface area contributed by atoms with Gasteiger partial charge in [-0.2, -0.15) is 0 Å². The molecule has 0 aliphatic heterocycles. The smallest absolute Gasteiger partial charge is 0.335 e. The maximum Gasteiger partial charge on any atom is 0.335 e. The quantitative estimate of drug-likeness (QED) is 0.227. The summed E-state index contributed by atoms with van der Waals surface area (Å²) in [5.41, 5.74) is 1.66. The maximum atomic E-state index is 11.9. The van der Waals surface area contributed by atoms with E-state index >= 15 is 0 Å². The molecule has 126 valence electrons. The van der Waals surface area contributed by atoms with Crippen molar-refractivity contribution in [2.24, 2.45) is 0 Å². The molecular formula is C17H29NO4. The summed E-state index contributed by atoms with van der Waals surface area (Å²) in [7, 11) is 3.66. The predicted molar refractivity (Wildman–Crippen MR) is 87.2 cm³/mol. The Morgan fingerprint density at radius 1 is 1.14 bits per heavy atom. The number of rotatable bonds is 8. The van der Waals surface area contributed by atoms with Crippen LogP contribution in [0.5, 0.6) is 0 Å². The van der Waals surface area contributed by atoms with Crippen LogP contribution < -0.4 is 0 Å². The third-order valence-corrected chi connectivity index (χ3v) is 3.39. The number of carbonyl (C=O) groups is 2. The third kappa shape index (κ3) is 7.41. The Balaban J connectivity index is 4.81. The molecule has 5 heteroatoms. The average molecular weight is 311 g/mol. The van der Waals surface area contributed by atoms with E-state index in [9.17, 15) is 9.59 Å². The van der Waals surface area contributed by atoms with Crippen LogP contribution in [0.15, 0.2) is 22.8 Å². The van der Waals surface area contributed by atoms with Crippen molar-refractivity contribution < 1.29 is 19.1 Å². The molecule has 1 atom stereocenters. The molecule has 0 saturated heterocycles. The normalized spacial score (nSPS) is 14.5. The van der Waals surface area contributed by atoms with Crippen molar-refractivity contribution in [3.05, 3.63) is 22.8 Å². The van der Waals surface area contributed by atoms with Crippen LogP contribution in [0.2, 0.25) is 0 Å². The summed E-state index contributed by atoms with van der Waals surface area (Å²) in [4.78, 5) is 25.6. The fourth-order valence-corrected chi connectivity index (χ4v) is 1.42. The van der Waals surface area contributed by atoms with Gasteiger partial charge in [0.2, 0.25) is 0 Å². The summed E-state index contributed by atoms with van der Waals surface area (Å²) in [6.45, 7) is 9.40. The van der Waals surface area contributed by atoms with E-state index in [-0.39, 0.29) is 12.2 Å². The fourth-order valence-electron chi connectivity index (χ4n) is 1.42. The van der Waals surface area contributed by atoms with Crippen molar-refractivity contribution in [2.45, 2.75) is 53.7 Å². The van der Waals surface area contributed by atoms with E-state index in [0.717, 1.165) is 12.8 Å². The van der Waals surface area contributed by atoms with E-state index in [1.54, 1.807) is 38.7 Å². The maximum absolute atomic E-state index is 11.9. The second-order valence-electron chi connectivity index (χ2n) is 5.59. The standard InChI is InChI=1S/C17H29NO4/c1-8-9-10-21-17(20)14(4)12(2)11-13(3)16(19)22-15(5)18(6)7/h11,15H,8-10H2,1-7H3/b13-11+,14-12-. The largest absolute Gasteiger partial charge is 0.462 e. The van der Waals surface area contributed by atoms with Gasteiger partial charge in [-0.05, 0) is 59.9 Å². The Hall–Kier alpha value is -1.62. The average Bonchev–Trinajstić information content (AvgIpc) is 2.45. The highest BCUT2D eigenvalue weighted by atomic mass is 16.6. The van der Waals surface area contributed by atoms with Gasteiger partial charge in [0.05, 0.1) is 6.61 Å². The molecule has 0 radical (unpaired) electrons. The Bertz CT molecular complexity index is 450.